The number of hydrogen-bond acceptors (Lipinski definition) is 6. The van der Waals surface area contributed by atoms with Gasteiger partial charge in [0.1, 0.15) is 18.5 Å². The molecule has 2 aliphatic rings. The molecule has 1 amide bonds. The Balaban J connectivity index is 0.000000470. The molecule has 40 heavy (non-hydrogen) atoms. The van der Waals surface area contributed by atoms with Gasteiger partial charge >= 0.3 is 12.1 Å². The van der Waals surface area contributed by atoms with E-state index in [0.29, 0.717) is 13.1 Å². The van der Waals surface area contributed by atoms with Crippen LogP contribution in [-0.2, 0) is 11.2 Å². The number of alkyl halides is 3. The highest BCUT2D eigenvalue weighted by Gasteiger charge is 2.38. The first-order chi connectivity index (χ1) is 19.1. The fourth-order valence-electron chi connectivity index (χ4n) is 4.61. The first-order valence-electron chi connectivity index (χ1n) is 13.0. The Labute approximate surface area is 229 Å². The zero-order valence-electron chi connectivity index (χ0n) is 21.7. The number of aliphatic carboxylic acids is 1. The number of nitrogens with zero attached hydrogens (tertiary/aromatic N) is 2. The summed E-state index contributed by atoms with van der Waals surface area (Å²) < 4.78 is 37.5. The van der Waals surface area contributed by atoms with Gasteiger partial charge in [0.2, 0.25) is 0 Å². The average Bonchev–Trinajstić information content (AvgIpc) is 3.39. The summed E-state index contributed by atoms with van der Waals surface area (Å²) in [7, 11) is 0. The normalized spacial score (nSPS) is 16.2. The lowest BCUT2D eigenvalue weighted by Gasteiger charge is -2.28. The molecule has 1 atom stereocenters. The van der Waals surface area contributed by atoms with Gasteiger partial charge in [0.05, 0.1) is 11.3 Å². The van der Waals surface area contributed by atoms with E-state index < -0.39 is 18.2 Å². The highest BCUT2D eigenvalue weighted by Crippen LogP contribution is 2.28. The molecular formula is C28H31F3N4O5. The molecule has 0 aliphatic carbocycles. The predicted octanol–water partition coefficient (Wildman–Crippen LogP) is 3.89. The standard InChI is InChI=1S/C26H30N4O3.C2HF3O2/c31-20(16-30-12-2-1-3-13-30)17-33-21-6-4-18(5-7-21)24-14-19(8-10-27-24)25-15-22-23(29-25)9-11-28-26(22)32;3-2(4,5)1(6)7/h4-8,10,14-15,20,29,31H,1-3,9,11-13,16-17H2,(H,28,32);(H,6,7). The fourth-order valence-corrected chi connectivity index (χ4v) is 4.61. The number of aliphatic hydroxyl groups excluding tert-OH is 1. The molecule has 1 unspecified atom stereocenters. The Morgan fingerprint density at radius 2 is 1.77 bits per heavy atom. The Hall–Kier alpha value is -3.90. The molecule has 1 fully saturated rings. The van der Waals surface area contributed by atoms with Gasteiger partial charge in [-0.15, -0.1) is 0 Å². The number of pyridine rings is 1. The van der Waals surface area contributed by atoms with Crippen LogP contribution >= 0.6 is 0 Å². The molecule has 1 aromatic carbocycles. The Morgan fingerprint density at radius 3 is 2.42 bits per heavy atom. The zero-order valence-corrected chi connectivity index (χ0v) is 21.7. The van der Waals surface area contributed by atoms with Crippen molar-refractivity contribution < 1.29 is 37.7 Å². The van der Waals surface area contributed by atoms with Crippen LogP contribution in [0.1, 0.15) is 35.3 Å². The Bertz CT molecular complexity index is 1300. The highest BCUT2D eigenvalue weighted by atomic mass is 19.4. The van der Waals surface area contributed by atoms with E-state index in [-0.39, 0.29) is 12.5 Å². The van der Waals surface area contributed by atoms with Crippen molar-refractivity contribution in [2.24, 2.45) is 0 Å². The highest BCUT2D eigenvalue weighted by molar-refractivity contribution is 5.97. The lowest BCUT2D eigenvalue weighted by Crippen LogP contribution is -2.38. The lowest BCUT2D eigenvalue weighted by atomic mass is 10.1. The quantitative estimate of drug-likeness (QED) is 0.345. The second kappa shape index (κ2) is 13.0. The van der Waals surface area contributed by atoms with Crippen LogP contribution in [0, 0.1) is 0 Å². The van der Waals surface area contributed by atoms with E-state index in [2.05, 4.69) is 20.2 Å². The first kappa shape index (κ1) is 29.1. The van der Waals surface area contributed by atoms with Crippen molar-refractivity contribution in [3.8, 4) is 28.3 Å². The van der Waals surface area contributed by atoms with Crippen molar-refractivity contribution in [1.29, 1.82) is 0 Å². The first-order valence-corrected chi connectivity index (χ1v) is 13.0. The molecule has 0 spiro atoms. The number of aliphatic hydroxyl groups is 1. The minimum absolute atomic E-state index is 0.0235. The molecule has 0 saturated carbocycles. The minimum Gasteiger partial charge on any atom is -0.491 e. The third-order valence-corrected chi connectivity index (χ3v) is 6.63. The van der Waals surface area contributed by atoms with Gasteiger partial charge in [-0.1, -0.05) is 6.42 Å². The number of rotatable bonds is 7. The molecule has 2 aromatic heterocycles. The summed E-state index contributed by atoms with van der Waals surface area (Å²) >= 11 is 0. The minimum atomic E-state index is -5.08. The summed E-state index contributed by atoms with van der Waals surface area (Å²) in [5.74, 6) is -2.05. The smallest absolute Gasteiger partial charge is 0.490 e. The van der Waals surface area contributed by atoms with Gasteiger partial charge in [-0.3, -0.25) is 9.78 Å². The molecular weight excluding hydrogens is 529 g/mol. The molecule has 12 heteroatoms. The summed E-state index contributed by atoms with van der Waals surface area (Å²) in [6, 6.07) is 13.7. The maximum atomic E-state index is 12.1. The Morgan fingerprint density at radius 1 is 1.07 bits per heavy atom. The van der Waals surface area contributed by atoms with E-state index in [0.717, 1.165) is 59.0 Å². The maximum Gasteiger partial charge on any atom is 0.490 e. The summed E-state index contributed by atoms with van der Waals surface area (Å²) in [5.41, 5.74) is 5.44. The number of piperidine rings is 1. The molecule has 0 radical (unpaired) electrons. The third-order valence-electron chi connectivity index (χ3n) is 6.63. The van der Waals surface area contributed by atoms with Gasteiger partial charge in [-0.05, 0) is 68.4 Å². The molecule has 9 nitrogen and oxygen atoms in total. The van der Waals surface area contributed by atoms with E-state index in [1.54, 1.807) is 6.20 Å². The van der Waals surface area contributed by atoms with Crippen molar-refractivity contribution in [2.45, 2.75) is 38.0 Å². The predicted molar refractivity (Wildman–Crippen MR) is 141 cm³/mol. The van der Waals surface area contributed by atoms with Gasteiger partial charge in [0, 0.05) is 48.2 Å². The van der Waals surface area contributed by atoms with Crippen LogP contribution in [0.4, 0.5) is 13.2 Å². The monoisotopic (exact) mass is 560 g/mol. The molecule has 5 rings (SSSR count). The van der Waals surface area contributed by atoms with Crippen LogP contribution < -0.4 is 10.1 Å². The van der Waals surface area contributed by atoms with Gasteiger partial charge in [-0.25, -0.2) is 4.79 Å². The summed E-state index contributed by atoms with van der Waals surface area (Å²) in [4.78, 5) is 31.2. The number of carbonyl (C=O) groups excluding carboxylic acids is 1. The third kappa shape index (κ3) is 7.82. The van der Waals surface area contributed by atoms with E-state index >= 15 is 0 Å². The molecule has 1 saturated heterocycles. The lowest BCUT2D eigenvalue weighted by molar-refractivity contribution is -0.192. The number of carboxylic acids is 1. The second-order valence-corrected chi connectivity index (χ2v) is 9.66. The number of hydrogen-bond donors (Lipinski definition) is 4. The van der Waals surface area contributed by atoms with E-state index in [1.807, 2.05) is 42.5 Å². The number of halogens is 3. The van der Waals surface area contributed by atoms with E-state index in [1.165, 1.54) is 19.3 Å². The van der Waals surface area contributed by atoms with Gasteiger partial charge < -0.3 is 30.2 Å². The molecule has 214 valence electrons. The number of aromatic nitrogens is 2. The van der Waals surface area contributed by atoms with Crippen LogP contribution in [0.15, 0.2) is 48.7 Å². The number of nitrogens with one attached hydrogen (secondary N) is 2. The van der Waals surface area contributed by atoms with E-state index in [4.69, 9.17) is 14.6 Å². The number of aromatic amines is 1. The van der Waals surface area contributed by atoms with Crippen molar-refractivity contribution in [3.63, 3.8) is 0 Å². The van der Waals surface area contributed by atoms with Crippen molar-refractivity contribution in [2.75, 3.05) is 32.8 Å². The maximum absolute atomic E-state index is 12.1. The number of β-amino-alcohol motifs (C(OH)–C–C–N with tert-alkyl or cyclic N) is 1. The largest absolute Gasteiger partial charge is 0.491 e. The zero-order chi connectivity index (χ0) is 28.7. The van der Waals surface area contributed by atoms with E-state index in [9.17, 15) is 23.1 Å². The number of carbonyl (C=O) groups is 2. The average molecular weight is 561 g/mol. The Kier molecular flexibility index (Phi) is 9.43. The van der Waals surface area contributed by atoms with Gasteiger partial charge in [-0.2, -0.15) is 13.2 Å². The number of benzene rings is 1. The molecule has 2 aliphatic heterocycles. The van der Waals surface area contributed by atoms with Crippen LogP contribution in [0.2, 0.25) is 0 Å². The van der Waals surface area contributed by atoms with Crippen LogP contribution in [0.5, 0.6) is 5.75 Å². The van der Waals surface area contributed by atoms with Crippen molar-refractivity contribution >= 4 is 11.9 Å². The van der Waals surface area contributed by atoms with Gasteiger partial charge in [0.25, 0.3) is 5.91 Å². The number of likely N-dealkylation sites (tertiary alicyclic amines) is 1. The number of amides is 1. The molecule has 4 heterocycles. The molecule has 4 N–H and O–H groups in total. The second-order valence-electron chi connectivity index (χ2n) is 9.66. The van der Waals surface area contributed by atoms with Crippen molar-refractivity contribution in [1.82, 2.24) is 20.2 Å². The summed E-state index contributed by atoms with van der Waals surface area (Å²) in [6.45, 7) is 3.75. The number of carboxylic acid groups (broad SMARTS) is 1. The molecule has 3 aromatic rings. The molecule has 0 bridgehead atoms. The van der Waals surface area contributed by atoms with Crippen LogP contribution in [0.25, 0.3) is 22.5 Å². The van der Waals surface area contributed by atoms with Crippen LogP contribution in [-0.4, -0.2) is 82.0 Å². The number of ether oxygens (including phenoxy) is 1. The topological polar surface area (TPSA) is 128 Å². The number of H-pyrrole nitrogens is 1. The number of fused-ring (bicyclic) bond motifs is 1. The summed E-state index contributed by atoms with van der Waals surface area (Å²) in [6.07, 6.45) is 0.739. The SMILES string of the molecule is O=C(O)C(F)(F)F.O=C1NCCc2[nH]c(-c3ccnc(-c4ccc(OCC(O)CN5CCCCC5)cc4)c3)cc21. The van der Waals surface area contributed by atoms with Gasteiger partial charge in [0.15, 0.2) is 0 Å². The fraction of sp³-hybridized carbons (Fsp3) is 0.393. The summed E-state index contributed by atoms with van der Waals surface area (Å²) in [5, 5.41) is 20.3. The van der Waals surface area contributed by atoms with Crippen LogP contribution in [0.3, 0.4) is 0 Å². The van der Waals surface area contributed by atoms with Crippen molar-refractivity contribution in [3.05, 3.63) is 59.9 Å².